The molecule has 1 atom stereocenters. The van der Waals surface area contributed by atoms with Gasteiger partial charge in [-0.25, -0.2) is 0 Å². The second-order valence-electron chi connectivity index (χ2n) is 5.60. The van der Waals surface area contributed by atoms with Gasteiger partial charge in [-0.3, -0.25) is 9.78 Å². The molecule has 0 aromatic carbocycles. The lowest BCUT2D eigenvalue weighted by Crippen LogP contribution is -2.46. The third-order valence-electron chi connectivity index (χ3n) is 4.15. The number of carbonyl (C=O) groups is 1. The molecule has 0 aliphatic carbocycles. The number of aromatic nitrogens is 1. The summed E-state index contributed by atoms with van der Waals surface area (Å²) in [6, 6.07) is 4.07. The topological polar surface area (TPSA) is 48.5 Å². The van der Waals surface area contributed by atoms with Gasteiger partial charge in [-0.1, -0.05) is 13.8 Å². The Balaban J connectivity index is 2.02. The number of rotatable bonds is 5. The zero-order valence-corrected chi connectivity index (χ0v) is 13.3. The van der Waals surface area contributed by atoms with Crippen molar-refractivity contribution in [3.63, 3.8) is 0 Å². The number of amides is 1. The summed E-state index contributed by atoms with van der Waals surface area (Å²) in [4.78, 5) is 21.1. The molecule has 2 rings (SSSR count). The van der Waals surface area contributed by atoms with Gasteiger partial charge in [-0.15, -0.1) is 0 Å². The molecule has 1 aromatic rings. The van der Waals surface area contributed by atoms with E-state index in [-0.39, 0.29) is 11.9 Å². The molecule has 1 aliphatic heterocycles. The minimum absolute atomic E-state index is 0.0848. The molecular formula is C16H26N4O. The van der Waals surface area contributed by atoms with Crippen LogP contribution >= 0.6 is 0 Å². The van der Waals surface area contributed by atoms with E-state index >= 15 is 0 Å². The molecule has 21 heavy (non-hydrogen) atoms. The Bertz CT molecular complexity index is 469. The van der Waals surface area contributed by atoms with E-state index in [9.17, 15) is 4.79 Å². The smallest absolute Gasteiger partial charge is 0.270 e. The molecule has 0 bridgehead atoms. The summed E-state index contributed by atoms with van der Waals surface area (Å²) in [7, 11) is 0. The summed E-state index contributed by atoms with van der Waals surface area (Å²) in [6.45, 7) is 11.5. The van der Waals surface area contributed by atoms with Crippen molar-refractivity contribution >= 4 is 11.6 Å². The molecule has 0 radical (unpaired) electrons. The van der Waals surface area contributed by atoms with E-state index in [4.69, 9.17) is 0 Å². The average molecular weight is 290 g/mol. The number of hydrogen-bond acceptors (Lipinski definition) is 4. The standard InChI is InChI=1S/C16H26N4O/c1-4-13(3)18-16(21)15-12-14(6-7-17-15)20-10-8-19(5-2)9-11-20/h6-7,12-13H,4-5,8-11H2,1-3H3,(H,18,21). The SMILES string of the molecule is CCC(C)NC(=O)c1cc(N2CCN(CC)CC2)ccn1. The van der Waals surface area contributed by atoms with Gasteiger partial charge in [-0.2, -0.15) is 0 Å². The highest BCUT2D eigenvalue weighted by Crippen LogP contribution is 2.17. The quantitative estimate of drug-likeness (QED) is 0.897. The predicted octanol–water partition coefficient (Wildman–Crippen LogP) is 1.75. The van der Waals surface area contributed by atoms with E-state index in [2.05, 4.69) is 33.9 Å². The number of nitrogens with one attached hydrogen (secondary N) is 1. The minimum Gasteiger partial charge on any atom is -0.369 e. The number of piperazine rings is 1. The van der Waals surface area contributed by atoms with Gasteiger partial charge in [0.1, 0.15) is 5.69 Å². The van der Waals surface area contributed by atoms with Gasteiger partial charge in [0.05, 0.1) is 0 Å². The number of likely N-dealkylation sites (N-methyl/N-ethyl adjacent to an activating group) is 1. The normalized spacial score (nSPS) is 17.6. The minimum atomic E-state index is -0.0848. The van der Waals surface area contributed by atoms with Crippen molar-refractivity contribution in [1.29, 1.82) is 0 Å². The van der Waals surface area contributed by atoms with Gasteiger partial charge >= 0.3 is 0 Å². The Morgan fingerprint density at radius 3 is 2.67 bits per heavy atom. The molecule has 1 aliphatic rings. The summed E-state index contributed by atoms with van der Waals surface area (Å²) in [5.41, 5.74) is 1.60. The first-order valence-corrected chi connectivity index (χ1v) is 7.88. The highest BCUT2D eigenvalue weighted by molar-refractivity contribution is 5.93. The predicted molar refractivity (Wildman–Crippen MR) is 85.8 cm³/mol. The molecule has 116 valence electrons. The maximum atomic E-state index is 12.1. The van der Waals surface area contributed by atoms with Crippen molar-refractivity contribution in [2.45, 2.75) is 33.2 Å². The van der Waals surface area contributed by atoms with Crippen LogP contribution < -0.4 is 10.2 Å². The van der Waals surface area contributed by atoms with Crippen molar-refractivity contribution in [1.82, 2.24) is 15.2 Å². The molecule has 2 heterocycles. The van der Waals surface area contributed by atoms with Crippen molar-refractivity contribution in [2.24, 2.45) is 0 Å². The molecule has 5 heteroatoms. The molecule has 5 nitrogen and oxygen atoms in total. The van der Waals surface area contributed by atoms with Crippen LogP contribution in [0.2, 0.25) is 0 Å². The summed E-state index contributed by atoms with van der Waals surface area (Å²) in [6.07, 6.45) is 2.65. The molecule has 1 aromatic heterocycles. The molecule has 1 fully saturated rings. The number of pyridine rings is 1. The van der Waals surface area contributed by atoms with E-state index in [1.54, 1.807) is 6.20 Å². The van der Waals surface area contributed by atoms with Crippen molar-refractivity contribution in [2.75, 3.05) is 37.6 Å². The van der Waals surface area contributed by atoms with Gasteiger partial charge in [0.25, 0.3) is 5.91 Å². The second kappa shape index (κ2) is 7.41. The van der Waals surface area contributed by atoms with Crippen LogP contribution in [0, 0.1) is 0 Å². The van der Waals surface area contributed by atoms with Gasteiger partial charge in [0.15, 0.2) is 0 Å². The van der Waals surface area contributed by atoms with E-state index in [0.717, 1.165) is 44.8 Å². The number of anilines is 1. The lowest BCUT2D eigenvalue weighted by molar-refractivity contribution is 0.0934. The first-order valence-electron chi connectivity index (χ1n) is 7.88. The number of carbonyl (C=O) groups excluding carboxylic acids is 1. The second-order valence-corrected chi connectivity index (χ2v) is 5.60. The van der Waals surface area contributed by atoms with Crippen LogP contribution in [0.25, 0.3) is 0 Å². The van der Waals surface area contributed by atoms with Gasteiger partial charge in [0.2, 0.25) is 0 Å². The molecule has 0 spiro atoms. The van der Waals surface area contributed by atoms with Crippen LogP contribution in [0.15, 0.2) is 18.3 Å². The van der Waals surface area contributed by atoms with E-state index in [0.29, 0.717) is 5.69 Å². The zero-order valence-electron chi connectivity index (χ0n) is 13.3. The summed E-state index contributed by atoms with van der Waals surface area (Å²) >= 11 is 0. The summed E-state index contributed by atoms with van der Waals surface area (Å²) in [5.74, 6) is -0.0848. The van der Waals surface area contributed by atoms with E-state index in [1.165, 1.54) is 0 Å². The number of nitrogens with zero attached hydrogens (tertiary/aromatic N) is 3. The zero-order chi connectivity index (χ0) is 15.2. The van der Waals surface area contributed by atoms with Crippen LogP contribution in [0.3, 0.4) is 0 Å². The van der Waals surface area contributed by atoms with Gasteiger partial charge in [-0.05, 0) is 32.0 Å². The first kappa shape index (κ1) is 15.8. The Morgan fingerprint density at radius 2 is 2.05 bits per heavy atom. The summed E-state index contributed by atoms with van der Waals surface area (Å²) < 4.78 is 0. The molecule has 1 saturated heterocycles. The van der Waals surface area contributed by atoms with Crippen LogP contribution in [0.5, 0.6) is 0 Å². The van der Waals surface area contributed by atoms with Crippen LogP contribution in [0.4, 0.5) is 5.69 Å². The molecule has 1 amide bonds. The largest absolute Gasteiger partial charge is 0.369 e. The molecule has 1 N–H and O–H groups in total. The maximum absolute atomic E-state index is 12.1. The first-order chi connectivity index (χ1) is 10.1. The van der Waals surface area contributed by atoms with Crippen molar-refractivity contribution < 1.29 is 4.79 Å². The van der Waals surface area contributed by atoms with Crippen molar-refractivity contribution in [3.05, 3.63) is 24.0 Å². The van der Waals surface area contributed by atoms with Gasteiger partial charge < -0.3 is 15.1 Å². The molecule has 1 unspecified atom stereocenters. The molecular weight excluding hydrogens is 264 g/mol. The fourth-order valence-electron chi connectivity index (χ4n) is 2.46. The molecule has 0 saturated carbocycles. The Hall–Kier alpha value is -1.62. The highest BCUT2D eigenvalue weighted by Gasteiger charge is 2.17. The third kappa shape index (κ3) is 4.17. The van der Waals surface area contributed by atoms with Crippen LogP contribution in [-0.4, -0.2) is 54.6 Å². The monoisotopic (exact) mass is 290 g/mol. The van der Waals surface area contributed by atoms with E-state index in [1.807, 2.05) is 19.1 Å². The highest BCUT2D eigenvalue weighted by atomic mass is 16.1. The lowest BCUT2D eigenvalue weighted by atomic mass is 10.2. The van der Waals surface area contributed by atoms with Crippen LogP contribution in [-0.2, 0) is 0 Å². The van der Waals surface area contributed by atoms with Crippen molar-refractivity contribution in [3.8, 4) is 0 Å². The Kier molecular flexibility index (Phi) is 5.56. The third-order valence-corrected chi connectivity index (χ3v) is 4.15. The number of hydrogen-bond donors (Lipinski definition) is 1. The maximum Gasteiger partial charge on any atom is 0.270 e. The van der Waals surface area contributed by atoms with Gasteiger partial charge in [0, 0.05) is 44.1 Å². The average Bonchev–Trinajstić information content (AvgIpc) is 2.55. The Morgan fingerprint density at radius 1 is 1.33 bits per heavy atom. The van der Waals surface area contributed by atoms with Crippen LogP contribution in [0.1, 0.15) is 37.7 Å². The fourth-order valence-corrected chi connectivity index (χ4v) is 2.46. The lowest BCUT2D eigenvalue weighted by Gasteiger charge is -2.35. The fraction of sp³-hybridized carbons (Fsp3) is 0.625. The Labute approximate surface area is 127 Å². The summed E-state index contributed by atoms with van der Waals surface area (Å²) in [5, 5.41) is 2.96. The van der Waals surface area contributed by atoms with E-state index < -0.39 is 0 Å².